The standard InChI is InChI=1S/C29H25N3O4/c33-26(19-16-21-10-4-1-5-11-21)32-24-17-18-25(32)27(28(34)35)30(20-24)29(36)31(22-12-6-2-7-13-22)23-14-8-3-9-15-23/h1-15,24-25,27H,17-18,20H2,(H,34,35)/t24-,25-,27-/m0/s1. The molecule has 7 heteroatoms. The highest BCUT2D eigenvalue weighted by atomic mass is 16.4. The number of amides is 3. The molecule has 3 atom stereocenters. The number of carboxylic acid groups (broad SMARTS) is 1. The van der Waals surface area contributed by atoms with Gasteiger partial charge in [-0.05, 0) is 49.2 Å². The first-order valence-corrected chi connectivity index (χ1v) is 11.9. The highest BCUT2D eigenvalue weighted by Gasteiger charge is 2.53. The van der Waals surface area contributed by atoms with Crippen molar-refractivity contribution in [3.05, 3.63) is 96.6 Å². The van der Waals surface area contributed by atoms with Crippen LogP contribution in [-0.2, 0) is 9.59 Å². The maximum Gasteiger partial charge on any atom is 0.329 e. The second-order valence-corrected chi connectivity index (χ2v) is 8.85. The zero-order valence-corrected chi connectivity index (χ0v) is 19.5. The lowest BCUT2D eigenvalue weighted by Gasteiger charge is -2.45. The summed E-state index contributed by atoms with van der Waals surface area (Å²) in [5.74, 6) is 4.01. The number of aliphatic carboxylic acids is 1. The first-order valence-electron chi connectivity index (χ1n) is 11.9. The first kappa shape index (κ1) is 23.2. The van der Waals surface area contributed by atoms with Gasteiger partial charge in [-0.1, -0.05) is 60.5 Å². The highest BCUT2D eigenvalue weighted by molar-refractivity contribution is 6.02. The van der Waals surface area contributed by atoms with Crippen LogP contribution in [0.25, 0.3) is 0 Å². The van der Waals surface area contributed by atoms with Crippen LogP contribution >= 0.6 is 0 Å². The van der Waals surface area contributed by atoms with Crippen molar-refractivity contribution >= 4 is 29.3 Å². The molecule has 5 rings (SSSR count). The van der Waals surface area contributed by atoms with Crippen LogP contribution in [0.3, 0.4) is 0 Å². The summed E-state index contributed by atoms with van der Waals surface area (Å²) in [7, 11) is 0. The molecule has 0 aromatic heterocycles. The molecule has 2 aliphatic rings. The smallest absolute Gasteiger partial charge is 0.329 e. The third-order valence-electron chi connectivity index (χ3n) is 6.69. The number of likely N-dealkylation sites (tertiary alicyclic amines) is 1. The van der Waals surface area contributed by atoms with Crippen LogP contribution in [0.5, 0.6) is 0 Å². The molecule has 2 saturated heterocycles. The van der Waals surface area contributed by atoms with Crippen molar-refractivity contribution in [3.63, 3.8) is 0 Å². The number of rotatable bonds is 3. The largest absolute Gasteiger partial charge is 0.480 e. The molecule has 3 aromatic carbocycles. The van der Waals surface area contributed by atoms with Crippen LogP contribution in [0.15, 0.2) is 91.0 Å². The lowest BCUT2D eigenvalue weighted by atomic mass is 10.0. The molecule has 0 radical (unpaired) electrons. The van der Waals surface area contributed by atoms with Crippen LogP contribution < -0.4 is 4.90 Å². The number of para-hydroxylation sites is 2. The van der Waals surface area contributed by atoms with Gasteiger partial charge in [0.15, 0.2) is 6.04 Å². The Morgan fingerprint density at radius 2 is 1.36 bits per heavy atom. The number of urea groups is 1. The van der Waals surface area contributed by atoms with Crippen LogP contribution in [0.2, 0.25) is 0 Å². The van der Waals surface area contributed by atoms with Crippen molar-refractivity contribution in [2.75, 3.05) is 11.4 Å². The van der Waals surface area contributed by atoms with Gasteiger partial charge in [0.2, 0.25) is 0 Å². The van der Waals surface area contributed by atoms with Gasteiger partial charge in [-0.25, -0.2) is 9.59 Å². The van der Waals surface area contributed by atoms with E-state index in [1.165, 1.54) is 9.80 Å². The maximum atomic E-state index is 14.0. The Kier molecular flexibility index (Phi) is 6.42. The molecule has 180 valence electrons. The van der Waals surface area contributed by atoms with E-state index in [9.17, 15) is 19.5 Å². The summed E-state index contributed by atoms with van der Waals surface area (Å²) in [6.45, 7) is 0.126. The Morgan fingerprint density at radius 3 is 1.92 bits per heavy atom. The minimum absolute atomic E-state index is 0.126. The number of anilines is 2. The third-order valence-corrected chi connectivity index (χ3v) is 6.69. The summed E-state index contributed by atoms with van der Waals surface area (Å²) in [5.41, 5.74) is 1.98. The molecule has 7 nitrogen and oxygen atoms in total. The molecule has 2 fully saturated rings. The summed E-state index contributed by atoms with van der Waals surface area (Å²) >= 11 is 0. The number of piperazine rings is 1. The van der Waals surface area contributed by atoms with Crippen LogP contribution in [0, 0.1) is 11.8 Å². The van der Waals surface area contributed by atoms with Crippen molar-refractivity contribution in [1.82, 2.24) is 9.80 Å². The lowest BCUT2D eigenvalue weighted by molar-refractivity contribution is -0.149. The van der Waals surface area contributed by atoms with Gasteiger partial charge < -0.3 is 14.9 Å². The van der Waals surface area contributed by atoms with E-state index in [0.717, 1.165) is 0 Å². The molecule has 2 heterocycles. The number of nitrogens with zero attached hydrogens (tertiary/aromatic N) is 3. The summed E-state index contributed by atoms with van der Waals surface area (Å²) in [6.07, 6.45) is 1.12. The quantitative estimate of drug-likeness (QED) is 0.573. The minimum Gasteiger partial charge on any atom is -0.480 e. The number of hydrogen-bond acceptors (Lipinski definition) is 3. The molecule has 2 bridgehead atoms. The number of fused-ring (bicyclic) bond motifs is 2. The van der Waals surface area contributed by atoms with E-state index < -0.39 is 30.0 Å². The van der Waals surface area contributed by atoms with E-state index in [1.807, 2.05) is 91.0 Å². The van der Waals surface area contributed by atoms with Crippen LogP contribution in [0.1, 0.15) is 18.4 Å². The summed E-state index contributed by atoms with van der Waals surface area (Å²) in [4.78, 5) is 44.1. The van der Waals surface area contributed by atoms with Gasteiger partial charge in [-0.2, -0.15) is 0 Å². The van der Waals surface area contributed by atoms with Gasteiger partial charge in [-0.3, -0.25) is 9.69 Å². The summed E-state index contributed by atoms with van der Waals surface area (Å²) < 4.78 is 0. The highest BCUT2D eigenvalue weighted by Crippen LogP contribution is 2.37. The van der Waals surface area contributed by atoms with E-state index in [2.05, 4.69) is 11.8 Å². The normalized spacial score (nSPS) is 20.3. The Bertz CT molecular complexity index is 1280. The average Bonchev–Trinajstić information content (AvgIpc) is 3.21. The van der Waals surface area contributed by atoms with E-state index in [-0.39, 0.29) is 12.6 Å². The zero-order valence-electron chi connectivity index (χ0n) is 19.5. The molecule has 3 aromatic rings. The van der Waals surface area contributed by atoms with Crippen molar-refractivity contribution in [2.45, 2.75) is 31.0 Å². The van der Waals surface area contributed by atoms with Gasteiger partial charge in [0.05, 0.1) is 23.5 Å². The van der Waals surface area contributed by atoms with Gasteiger partial charge in [0.1, 0.15) is 0 Å². The fourth-order valence-corrected chi connectivity index (χ4v) is 5.13. The topological polar surface area (TPSA) is 81.2 Å². The number of benzene rings is 3. The molecule has 0 unspecified atom stereocenters. The Labute approximate surface area is 209 Å². The molecule has 0 aliphatic carbocycles. The van der Waals surface area contributed by atoms with Crippen molar-refractivity contribution in [3.8, 4) is 11.8 Å². The van der Waals surface area contributed by atoms with E-state index in [0.29, 0.717) is 29.8 Å². The first-order chi connectivity index (χ1) is 17.5. The monoisotopic (exact) mass is 479 g/mol. The van der Waals surface area contributed by atoms with E-state index in [1.54, 1.807) is 4.90 Å². The second kappa shape index (κ2) is 9.96. The lowest BCUT2D eigenvalue weighted by Crippen LogP contribution is -2.66. The van der Waals surface area contributed by atoms with Gasteiger partial charge in [-0.15, -0.1) is 0 Å². The SMILES string of the molecule is O=C(O)[C@@H]1[C@@H]2CC[C@@H](CN1C(=O)N(c1ccccc1)c1ccccc1)N2C(=O)C#Cc1ccccc1. The maximum absolute atomic E-state index is 14.0. The minimum atomic E-state index is -1.17. The predicted molar refractivity (Wildman–Crippen MR) is 136 cm³/mol. The average molecular weight is 480 g/mol. The molecule has 36 heavy (non-hydrogen) atoms. The number of carbonyl (C=O) groups is 3. The Balaban J connectivity index is 1.46. The molecular weight excluding hydrogens is 454 g/mol. The zero-order chi connectivity index (χ0) is 25.1. The van der Waals surface area contributed by atoms with Crippen molar-refractivity contribution in [2.24, 2.45) is 0 Å². The van der Waals surface area contributed by atoms with Gasteiger partial charge in [0.25, 0.3) is 5.91 Å². The van der Waals surface area contributed by atoms with E-state index in [4.69, 9.17) is 0 Å². The molecule has 2 aliphatic heterocycles. The molecule has 0 saturated carbocycles. The third kappa shape index (κ3) is 4.41. The van der Waals surface area contributed by atoms with Gasteiger partial charge in [0, 0.05) is 18.0 Å². The molecule has 1 N–H and O–H groups in total. The number of hydrogen-bond donors (Lipinski definition) is 1. The van der Waals surface area contributed by atoms with Crippen molar-refractivity contribution < 1.29 is 19.5 Å². The summed E-state index contributed by atoms with van der Waals surface area (Å²) in [6, 6.07) is 24.9. The predicted octanol–water partition coefficient (Wildman–Crippen LogP) is 4.12. The number of carboxylic acids is 1. The Hall–Kier alpha value is -4.57. The second-order valence-electron chi connectivity index (χ2n) is 8.85. The van der Waals surface area contributed by atoms with Crippen LogP contribution in [-0.4, -0.2) is 57.5 Å². The Morgan fingerprint density at radius 1 is 0.806 bits per heavy atom. The molecule has 3 amide bonds. The fourth-order valence-electron chi connectivity index (χ4n) is 5.13. The van der Waals surface area contributed by atoms with Crippen LogP contribution in [0.4, 0.5) is 16.2 Å². The molecular formula is C29H25N3O4. The van der Waals surface area contributed by atoms with Gasteiger partial charge >= 0.3 is 12.0 Å². The number of carbonyl (C=O) groups excluding carboxylic acids is 2. The molecule has 0 spiro atoms. The van der Waals surface area contributed by atoms with E-state index >= 15 is 0 Å². The van der Waals surface area contributed by atoms with Crippen molar-refractivity contribution in [1.29, 1.82) is 0 Å². The fraction of sp³-hybridized carbons (Fsp3) is 0.207. The summed E-state index contributed by atoms with van der Waals surface area (Å²) in [5, 5.41) is 10.2.